The molecule has 0 aliphatic carbocycles. The summed E-state index contributed by atoms with van der Waals surface area (Å²) in [4.78, 5) is 19.2. The fourth-order valence-electron chi connectivity index (χ4n) is 3.33. The Balaban J connectivity index is 1.65. The summed E-state index contributed by atoms with van der Waals surface area (Å²) in [6.45, 7) is 0.194. The molecule has 6 nitrogen and oxygen atoms in total. The molecule has 0 saturated carbocycles. The van der Waals surface area contributed by atoms with Gasteiger partial charge >= 0.3 is 0 Å². The fraction of sp³-hybridized carbons (Fsp3) is 0.100. The van der Waals surface area contributed by atoms with Gasteiger partial charge in [-0.2, -0.15) is 0 Å². The first-order chi connectivity index (χ1) is 12.8. The summed E-state index contributed by atoms with van der Waals surface area (Å²) in [7, 11) is 0. The fourth-order valence-corrected chi connectivity index (χ4v) is 3.33. The number of aromatic nitrogens is 1. The number of fused-ring (bicyclic) bond motifs is 2. The highest BCUT2D eigenvalue weighted by Gasteiger charge is 2.34. The molecule has 1 aromatic heterocycles. The molecule has 5 rings (SSSR count). The molecule has 0 radical (unpaired) electrons. The third-order valence-electron chi connectivity index (χ3n) is 4.56. The second-order valence-corrected chi connectivity index (χ2v) is 6.09. The number of pyridine rings is 1. The third-order valence-corrected chi connectivity index (χ3v) is 4.56. The molecular weight excluding hydrogens is 330 g/mol. The van der Waals surface area contributed by atoms with E-state index in [0.29, 0.717) is 17.1 Å². The first kappa shape index (κ1) is 14.8. The summed E-state index contributed by atoms with van der Waals surface area (Å²) in [6.07, 6.45) is 3.11. The van der Waals surface area contributed by atoms with Gasteiger partial charge in [0.15, 0.2) is 11.5 Å². The number of hydrogen-bond acceptors (Lipinski definition) is 5. The monoisotopic (exact) mass is 345 g/mol. The number of nitrogens with zero attached hydrogens (tertiary/aromatic N) is 2. The highest BCUT2D eigenvalue weighted by atomic mass is 16.7. The zero-order chi connectivity index (χ0) is 17.5. The molecule has 2 aromatic carbocycles. The van der Waals surface area contributed by atoms with Gasteiger partial charge in [-0.15, -0.1) is 0 Å². The van der Waals surface area contributed by atoms with Crippen molar-refractivity contribution >= 4 is 17.3 Å². The highest BCUT2D eigenvalue weighted by molar-refractivity contribution is 6.12. The van der Waals surface area contributed by atoms with Gasteiger partial charge < -0.3 is 14.8 Å². The molecule has 3 heterocycles. The quantitative estimate of drug-likeness (QED) is 0.769. The molecule has 6 heteroatoms. The van der Waals surface area contributed by atoms with Crippen LogP contribution in [0, 0.1) is 0 Å². The number of benzene rings is 2. The van der Waals surface area contributed by atoms with Crippen molar-refractivity contribution in [2.75, 3.05) is 17.0 Å². The zero-order valence-electron chi connectivity index (χ0n) is 13.8. The summed E-state index contributed by atoms with van der Waals surface area (Å²) in [6, 6.07) is 16.8. The molecular formula is C20H15N3O3. The van der Waals surface area contributed by atoms with Crippen LogP contribution in [-0.2, 0) is 0 Å². The number of rotatable bonds is 2. The molecule has 3 aromatic rings. The number of para-hydroxylation sites is 1. The van der Waals surface area contributed by atoms with Gasteiger partial charge in [-0.3, -0.25) is 14.7 Å². The second kappa shape index (κ2) is 5.77. The summed E-state index contributed by atoms with van der Waals surface area (Å²) < 4.78 is 10.9. The van der Waals surface area contributed by atoms with Gasteiger partial charge in [0.25, 0.3) is 5.91 Å². The van der Waals surface area contributed by atoms with Crippen molar-refractivity contribution in [2.45, 2.75) is 6.17 Å². The van der Waals surface area contributed by atoms with Crippen molar-refractivity contribution in [1.82, 2.24) is 4.98 Å². The molecule has 0 bridgehead atoms. The lowest BCUT2D eigenvalue weighted by atomic mass is 10.0. The topological polar surface area (TPSA) is 63.7 Å². The first-order valence-electron chi connectivity index (χ1n) is 8.30. The standard InChI is InChI=1S/C20H15N3O3/c24-20-15-5-1-2-6-16(15)22-19(13-4-3-9-21-11-13)23(20)14-7-8-17-18(10-14)26-12-25-17/h1-11,19,22H,12H2/t19-/m0/s1. The molecule has 0 saturated heterocycles. The Bertz CT molecular complexity index is 991. The van der Waals surface area contributed by atoms with Crippen LogP contribution < -0.4 is 19.7 Å². The van der Waals surface area contributed by atoms with Gasteiger partial charge in [0.1, 0.15) is 6.17 Å². The minimum Gasteiger partial charge on any atom is -0.454 e. The molecule has 2 aliphatic heterocycles. The average molecular weight is 345 g/mol. The van der Waals surface area contributed by atoms with E-state index >= 15 is 0 Å². The lowest BCUT2D eigenvalue weighted by Gasteiger charge is -2.38. The van der Waals surface area contributed by atoms with Crippen LogP contribution in [0.4, 0.5) is 11.4 Å². The molecule has 2 aliphatic rings. The van der Waals surface area contributed by atoms with Crippen molar-refractivity contribution in [3.05, 3.63) is 78.1 Å². The Hall–Kier alpha value is -3.54. The SMILES string of the molecule is O=C1c2ccccc2N[C@H](c2cccnc2)N1c1ccc2c(c1)OCO2. The maximum atomic E-state index is 13.3. The van der Waals surface area contributed by atoms with E-state index < -0.39 is 0 Å². The number of nitrogens with one attached hydrogen (secondary N) is 1. The van der Waals surface area contributed by atoms with E-state index in [1.54, 1.807) is 17.3 Å². The normalized spacial score (nSPS) is 17.6. The second-order valence-electron chi connectivity index (χ2n) is 6.09. The molecule has 128 valence electrons. The summed E-state index contributed by atoms with van der Waals surface area (Å²) in [5.74, 6) is 1.25. The number of carbonyl (C=O) groups is 1. The number of carbonyl (C=O) groups excluding carboxylic acids is 1. The van der Waals surface area contributed by atoms with Crippen LogP contribution in [0.15, 0.2) is 67.0 Å². The molecule has 0 unspecified atom stereocenters. The van der Waals surface area contributed by atoms with Crippen LogP contribution in [0.2, 0.25) is 0 Å². The van der Waals surface area contributed by atoms with Crippen molar-refractivity contribution < 1.29 is 14.3 Å². The Morgan fingerprint density at radius 2 is 1.92 bits per heavy atom. The molecule has 1 N–H and O–H groups in total. The van der Waals surface area contributed by atoms with Gasteiger partial charge in [-0.05, 0) is 30.3 Å². The number of anilines is 2. The van der Waals surface area contributed by atoms with Crippen LogP contribution in [0.25, 0.3) is 0 Å². The van der Waals surface area contributed by atoms with Crippen LogP contribution >= 0.6 is 0 Å². The van der Waals surface area contributed by atoms with Crippen LogP contribution in [-0.4, -0.2) is 17.7 Å². The summed E-state index contributed by atoms with van der Waals surface area (Å²) in [5.41, 5.74) is 3.07. The maximum absolute atomic E-state index is 13.3. The predicted molar refractivity (Wildman–Crippen MR) is 96.4 cm³/mol. The molecule has 1 atom stereocenters. The van der Waals surface area contributed by atoms with E-state index in [2.05, 4.69) is 10.3 Å². The maximum Gasteiger partial charge on any atom is 0.262 e. The van der Waals surface area contributed by atoms with Crippen molar-refractivity contribution in [1.29, 1.82) is 0 Å². The highest BCUT2D eigenvalue weighted by Crippen LogP contribution is 2.41. The third kappa shape index (κ3) is 2.27. The van der Waals surface area contributed by atoms with E-state index in [1.807, 2.05) is 54.6 Å². The van der Waals surface area contributed by atoms with Crippen molar-refractivity contribution in [2.24, 2.45) is 0 Å². The Morgan fingerprint density at radius 1 is 1.04 bits per heavy atom. The Kier molecular flexibility index (Phi) is 3.28. The van der Waals surface area contributed by atoms with Gasteiger partial charge in [-0.25, -0.2) is 0 Å². The number of amides is 1. The predicted octanol–water partition coefficient (Wildman–Crippen LogP) is 3.58. The van der Waals surface area contributed by atoms with Crippen LogP contribution in [0.1, 0.15) is 22.1 Å². The number of ether oxygens (including phenoxy) is 2. The Morgan fingerprint density at radius 3 is 2.81 bits per heavy atom. The average Bonchev–Trinajstić information content (AvgIpc) is 3.16. The Labute approximate surface area is 150 Å². The van der Waals surface area contributed by atoms with Gasteiger partial charge in [0, 0.05) is 29.7 Å². The first-order valence-corrected chi connectivity index (χ1v) is 8.30. The van der Waals surface area contributed by atoms with Crippen LogP contribution in [0.5, 0.6) is 11.5 Å². The molecule has 1 amide bonds. The lowest BCUT2D eigenvalue weighted by Crippen LogP contribution is -2.43. The molecule has 0 fully saturated rings. The number of hydrogen-bond donors (Lipinski definition) is 1. The van der Waals surface area contributed by atoms with Gasteiger partial charge in [0.2, 0.25) is 6.79 Å². The summed E-state index contributed by atoms with van der Waals surface area (Å²) >= 11 is 0. The summed E-state index contributed by atoms with van der Waals surface area (Å²) in [5, 5.41) is 3.45. The minimum absolute atomic E-state index is 0.0768. The van der Waals surface area contributed by atoms with Gasteiger partial charge in [0.05, 0.1) is 11.3 Å². The largest absolute Gasteiger partial charge is 0.454 e. The van der Waals surface area contributed by atoms with E-state index in [0.717, 1.165) is 16.9 Å². The van der Waals surface area contributed by atoms with Crippen molar-refractivity contribution in [3.8, 4) is 11.5 Å². The lowest BCUT2D eigenvalue weighted by molar-refractivity contribution is 0.0975. The van der Waals surface area contributed by atoms with E-state index in [9.17, 15) is 4.79 Å². The smallest absolute Gasteiger partial charge is 0.262 e. The van der Waals surface area contributed by atoms with E-state index in [1.165, 1.54) is 0 Å². The molecule has 26 heavy (non-hydrogen) atoms. The molecule has 0 spiro atoms. The van der Waals surface area contributed by atoms with Crippen molar-refractivity contribution in [3.63, 3.8) is 0 Å². The van der Waals surface area contributed by atoms with Crippen LogP contribution in [0.3, 0.4) is 0 Å². The van der Waals surface area contributed by atoms with Gasteiger partial charge in [-0.1, -0.05) is 18.2 Å². The van der Waals surface area contributed by atoms with E-state index in [4.69, 9.17) is 9.47 Å². The zero-order valence-corrected chi connectivity index (χ0v) is 13.8. The van der Waals surface area contributed by atoms with E-state index in [-0.39, 0.29) is 18.9 Å². The minimum atomic E-state index is -0.369.